The second kappa shape index (κ2) is 5.77. The summed E-state index contributed by atoms with van der Waals surface area (Å²) in [5.74, 6) is -1.82. The molecule has 0 radical (unpaired) electrons. The fourth-order valence-electron chi connectivity index (χ4n) is 2.18. The Morgan fingerprint density at radius 1 is 1.23 bits per heavy atom. The van der Waals surface area contributed by atoms with Crippen LogP contribution in [0.15, 0.2) is 27.6 Å². The Labute approximate surface area is 127 Å². The Bertz CT molecular complexity index is 783. The smallest absolute Gasteiger partial charge is 0.248 e. The summed E-state index contributed by atoms with van der Waals surface area (Å²) in [6, 6.07) is 2.62. The van der Waals surface area contributed by atoms with Crippen molar-refractivity contribution >= 4 is 10.0 Å². The van der Waals surface area contributed by atoms with E-state index in [2.05, 4.69) is 5.16 Å². The predicted octanol–water partition coefficient (Wildman–Crippen LogP) is 2.95. The van der Waals surface area contributed by atoms with E-state index in [0.29, 0.717) is 5.56 Å². The highest BCUT2D eigenvalue weighted by molar-refractivity contribution is 7.89. The number of hydrogen-bond donors (Lipinski definition) is 0. The Hall–Kier alpha value is -1.80. The summed E-state index contributed by atoms with van der Waals surface area (Å²) in [5.41, 5.74) is 0.596. The molecule has 0 saturated carbocycles. The number of halogens is 2. The monoisotopic (exact) mass is 330 g/mol. The molecule has 0 bridgehead atoms. The molecule has 0 saturated heterocycles. The van der Waals surface area contributed by atoms with Crippen LogP contribution in [0.3, 0.4) is 0 Å². The van der Waals surface area contributed by atoms with Crippen molar-refractivity contribution in [3.63, 3.8) is 0 Å². The van der Waals surface area contributed by atoms with Crippen molar-refractivity contribution in [2.75, 3.05) is 7.05 Å². The second-order valence-electron chi connectivity index (χ2n) is 5.02. The van der Waals surface area contributed by atoms with Crippen LogP contribution >= 0.6 is 0 Å². The van der Waals surface area contributed by atoms with Gasteiger partial charge in [-0.25, -0.2) is 17.2 Å². The summed E-state index contributed by atoms with van der Waals surface area (Å²) in [7, 11) is -2.50. The number of sulfonamides is 1. The first kappa shape index (κ1) is 16.6. The van der Waals surface area contributed by atoms with Gasteiger partial charge in [0.05, 0.1) is 0 Å². The molecule has 0 aliphatic rings. The third kappa shape index (κ3) is 2.76. The summed E-state index contributed by atoms with van der Waals surface area (Å²) in [4.78, 5) is -0.00978. The summed E-state index contributed by atoms with van der Waals surface area (Å²) >= 11 is 0. The minimum atomic E-state index is -3.87. The van der Waals surface area contributed by atoms with Gasteiger partial charge in [-0.05, 0) is 38.5 Å². The molecule has 8 heteroatoms. The highest BCUT2D eigenvalue weighted by Gasteiger charge is 2.32. The summed E-state index contributed by atoms with van der Waals surface area (Å²) in [5, 5.41) is 3.63. The van der Waals surface area contributed by atoms with E-state index in [0.717, 1.165) is 16.4 Å². The first-order chi connectivity index (χ1) is 10.2. The van der Waals surface area contributed by atoms with E-state index < -0.39 is 27.7 Å². The molecule has 1 aromatic carbocycles. The number of aromatic nitrogens is 1. The molecule has 22 heavy (non-hydrogen) atoms. The van der Waals surface area contributed by atoms with Gasteiger partial charge in [-0.2, -0.15) is 4.31 Å². The maximum Gasteiger partial charge on any atom is 0.248 e. The zero-order chi connectivity index (χ0) is 16.7. The lowest BCUT2D eigenvalue weighted by Gasteiger charge is -2.24. The van der Waals surface area contributed by atoms with E-state index in [4.69, 9.17) is 4.52 Å². The third-order valence-electron chi connectivity index (χ3n) is 3.58. The first-order valence-electron chi connectivity index (χ1n) is 6.52. The van der Waals surface area contributed by atoms with Crippen molar-refractivity contribution in [3.8, 4) is 0 Å². The van der Waals surface area contributed by atoms with Crippen LogP contribution in [0, 0.1) is 25.5 Å². The molecule has 0 aliphatic heterocycles. The molecule has 5 nitrogen and oxygen atoms in total. The zero-order valence-electron chi connectivity index (χ0n) is 12.6. The number of benzene rings is 1. The molecule has 0 N–H and O–H groups in total. The van der Waals surface area contributed by atoms with Crippen LogP contribution in [0.2, 0.25) is 0 Å². The quantitative estimate of drug-likeness (QED) is 0.864. The molecule has 2 aromatic rings. The number of rotatable bonds is 4. The second-order valence-corrected chi connectivity index (χ2v) is 6.96. The molecule has 0 aliphatic carbocycles. The lowest BCUT2D eigenvalue weighted by molar-refractivity contribution is 0.383. The fourth-order valence-corrected chi connectivity index (χ4v) is 3.81. The SMILES string of the molecule is Cc1noc(C)c1S(=O)(=O)N(C)C(C)c1ccc(F)c(F)c1. The van der Waals surface area contributed by atoms with E-state index in [1.54, 1.807) is 6.92 Å². The fraction of sp³-hybridized carbons (Fsp3) is 0.357. The lowest BCUT2D eigenvalue weighted by Crippen LogP contribution is -2.30. The molecule has 1 atom stereocenters. The lowest BCUT2D eigenvalue weighted by atomic mass is 10.1. The van der Waals surface area contributed by atoms with Gasteiger partial charge in [0.2, 0.25) is 10.0 Å². The van der Waals surface area contributed by atoms with Gasteiger partial charge in [0.1, 0.15) is 10.6 Å². The van der Waals surface area contributed by atoms with Gasteiger partial charge in [0.25, 0.3) is 0 Å². The number of nitrogens with zero attached hydrogens (tertiary/aromatic N) is 2. The van der Waals surface area contributed by atoms with Crippen LogP contribution in [0.1, 0.15) is 30.0 Å². The molecule has 2 rings (SSSR count). The maximum atomic E-state index is 13.3. The minimum Gasteiger partial charge on any atom is -0.360 e. The van der Waals surface area contributed by atoms with Gasteiger partial charge in [-0.3, -0.25) is 0 Å². The van der Waals surface area contributed by atoms with Crippen molar-refractivity contribution in [1.82, 2.24) is 9.46 Å². The van der Waals surface area contributed by atoms with Crippen LogP contribution in [0.4, 0.5) is 8.78 Å². The minimum absolute atomic E-state index is 0.00978. The molecular formula is C14H16F2N2O3S. The van der Waals surface area contributed by atoms with Crippen molar-refractivity contribution in [3.05, 3.63) is 46.9 Å². The third-order valence-corrected chi connectivity index (χ3v) is 5.75. The molecule has 0 fully saturated rings. The van der Waals surface area contributed by atoms with Crippen LogP contribution < -0.4 is 0 Å². The average Bonchev–Trinajstić information content (AvgIpc) is 2.80. The van der Waals surface area contributed by atoms with E-state index in [9.17, 15) is 17.2 Å². The molecule has 0 amide bonds. The molecule has 120 valence electrons. The predicted molar refractivity (Wildman–Crippen MR) is 75.7 cm³/mol. The number of aryl methyl sites for hydroxylation is 2. The standard InChI is InChI=1S/C14H16F2N2O3S/c1-8-14(10(3)21-17-8)22(19,20)18(4)9(2)11-5-6-12(15)13(16)7-11/h5-7,9H,1-4H3. The highest BCUT2D eigenvalue weighted by Crippen LogP contribution is 2.29. The van der Waals surface area contributed by atoms with E-state index >= 15 is 0 Å². The average molecular weight is 330 g/mol. The van der Waals surface area contributed by atoms with Gasteiger partial charge in [-0.15, -0.1) is 0 Å². The molecule has 1 unspecified atom stereocenters. The topological polar surface area (TPSA) is 63.4 Å². The molecule has 1 heterocycles. The van der Waals surface area contributed by atoms with Gasteiger partial charge in [0.15, 0.2) is 17.4 Å². The van der Waals surface area contributed by atoms with E-state index in [-0.39, 0.29) is 16.3 Å². The van der Waals surface area contributed by atoms with Crippen molar-refractivity contribution in [2.45, 2.75) is 31.7 Å². The van der Waals surface area contributed by atoms with Gasteiger partial charge in [0, 0.05) is 13.1 Å². The van der Waals surface area contributed by atoms with Crippen molar-refractivity contribution in [1.29, 1.82) is 0 Å². The summed E-state index contributed by atoms with van der Waals surface area (Å²) in [6.07, 6.45) is 0. The van der Waals surface area contributed by atoms with Gasteiger partial charge in [-0.1, -0.05) is 11.2 Å². The van der Waals surface area contributed by atoms with Crippen LogP contribution in [-0.2, 0) is 10.0 Å². The van der Waals surface area contributed by atoms with E-state index in [1.807, 2.05) is 0 Å². The molecule has 1 aromatic heterocycles. The van der Waals surface area contributed by atoms with Crippen LogP contribution in [0.5, 0.6) is 0 Å². The van der Waals surface area contributed by atoms with Crippen molar-refractivity contribution < 1.29 is 21.7 Å². The van der Waals surface area contributed by atoms with Crippen molar-refractivity contribution in [2.24, 2.45) is 0 Å². The zero-order valence-corrected chi connectivity index (χ0v) is 13.4. The van der Waals surface area contributed by atoms with E-state index in [1.165, 1.54) is 27.0 Å². The van der Waals surface area contributed by atoms with Gasteiger partial charge < -0.3 is 4.52 Å². The van der Waals surface area contributed by atoms with Gasteiger partial charge >= 0.3 is 0 Å². The van der Waals surface area contributed by atoms with Crippen LogP contribution in [-0.4, -0.2) is 24.9 Å². The first-order valence-corrected chi connectivity index (χ1v) is 7.96. The van der Waals surface area contributed by atoms with Crippen LogP contribution in [0.25, 0.3) is 0 Å². The highest BCUT2D eigenvalue weighted by atomic mass is 32.2. The normalized spacial score (nSPS) is 13.6. The summed E-state index contributed by atoms with van der Waals surface area (Å²) in [6.45, 7) is 4.62. The summed E-state index contributed by atoms with van der Waals surface area (Å²) < 4.78 is 57.6. The Morgan fingerprint density at radius 3 is 2.36 bits per heavy atom. The molecular weight excluding hydrogens is 314 g/mol. The Balaban J connectivity index is 2.41. The largest absolute Gasteiger partial charge is 0.360 e. The number of hydrogen-bond acceptors (Lipinski definition) is 4. The Morgan fingerprint density at radius 2 is 1.86 bits per heavy atom. The molecule has 0 spiro atoms. The maximum absolute atomic E-state index is 13.3. The Kier molecular flexibility index (Phi) is 4.35.